The standard InChI is InChI=1S/C13H20N2S3/c1-7(2)9-10(14-3)8-5-4-6-15(18)11(8)13(17)12(9)16/h7,14,16-18H,4-6H2,1-3H3. The number of rotatable bonds is 2. The van der Waals surface area contributed by atoms with E-state index in [0.717, 1.165) is 34.9 Å². The third-order valence-corrected chi connectivity index (χ3v) is 4.92. The Morgan fingerprint density at radius 3 is 2.44 bits per heavy atom. The van der Waals surface area contributed by atoms with Crippen LogP contribution >= 0.6 is 38.1 Å². The molecule has 0 aliphatic carbocycles. The molecule has 0 saturated heterocycles. The van der Waals surface area contributed by atoms with Gasteiger partial charge in [0.05, 0.1) is 5.69 Å². The Hall–Kier alpha value is -0.130. The summed E-state index contributed by atoms with van der Waals surface area (Å²) in [5.41, 5.74) is 4.91. The number of fused-ring (bicyclic) bond motifs is 1. The molecule has 0 radical (unpaired) electrons. The third-order valence-electron chi connectivity index (χ3n) is 3.44. The highest BCUT2D eigenvalue weighted by Gasteiger charge is 2.26. The van der Waals surface area contributed by atoms with Gasteiger partial charge in [-0.15, -0.1) is 25.3 Å². The second-order valence-electron chi connectivity index (χ2n) is 4.94. The smallest absolute Gasteiger partial charge is 0.0664 e. The highest BCUT2D eigenvalue weighted by atomic mass is 32.1. The van der Waals surface area contributed by atoms with Crippen LogP contribution in [-0.4, -0.2) is 13.6 Å². The van der Waals surface area contributed by atoms with Crippen molar-refractivity contribution in [1.82, 2.24) is 0 Å². The zero-order valence-electron chi connectivity index (χ0n) is 11.0. The normalized spacial score (nSPS) is 14.9. The minimum absolute atomic E-state index is 0.423. The van der Waals surface area contributed by atoms with Crippen molar-refractivity contribution in [2.45, 2.75) is 42.4 Å². The number of hydrogen-bond acceptors (Lipinski definition) is 5. The summed E-state index contributed by atoms with van der Waals surface area (Å²) < 4.78 is 1.99. The van der Waals surface area contributed by atoms with Crippen LogP contribution in [0, 0.1) is 0 Å². The Kier molecular flexibility index (Phi) is 4.34. The number of nitrogens with zero attached hydrogens (tertiary/aromatic N) is 1. The van der Waals surface area contributed by atoms with E-state index in [9.17, 15) is 0 Å². The van der Waals surface area contributed by atoms with Gasteiger partial charge in [-0.25, -0.2) is 0 Å². The van der Waals surface area contributed by atoms with E-state index in [1.807, 2.05) is 11.4 Å². The fourth-order valence-electron chi connectivity index (χ4n) is 2.67. The summed E-state index contributed by atoms with van der Waals surface area (Å²) in [6.45, 7) is 5.34. The topological polar surface area (TPSA) is 15.3 Å². The van der Waals surface area contributed by atoms with Crippen LogP contribution in [0.5, 0.6) is 0 Å². The number of hydrogen-bond donors (Lipinski definition) is 4. The molecule has 2 rings (SSSR count). The van der Waals surface area contributed by atoms with Crippen molar-refractivity contribution in [1.29, 1.82) is 0 Å². The first kappa shape index (κ1) is 14.3. The molecule has 0 unspecified atom stereocenters. The van der Waals surface area contributed by atoms with Crippen LogP contribution in [0.1, 0.15) is 37.3 Å². The first-order valence-electron chi connectivity index (χ1n) is 6.23. The summed E-state index contributed by atoms with van der Waals surface area (Å²) in [6.07, 6.45) is 2.20. The van der Waals surface area contributed by atoms with E-state index in [1.165, 1.54) is 16.8 Å². The summed E-state index contributed by atoms with van der Waals surface area (Å²) in [6, 6.07) is 0. The average molecular weight is 301 g/mol. The fraction of sp³-hybridized carbons (Fsp3) is 0.538. The minimum Gasteiger partial charge on any atom is -0.388 e. The highest BCUT2D eigenvalue weighted by molar-refractivity contribution is 7.84. The van der Waals surface area contributed by atoms with Crippen LogP contribution in [0.2, 0.25) is 0 Å². The largest absolute Gasteiger partial charge is 0.388 e. The van der Waals surface area contributed by atoms with E-state index >= 15 is 0 Å². The first-order valence-corrected chi connectivity index (χ1v) is 7.53. The van der Waals surface area contributed by atoms with Crippen molar-refractivity contribution in [3.8, 4) is 0 Å². The van der Waals surface area contributed by atoms with Crippen LogP contribution in [-0.2, 0) is 6.42 Å². The second kappa shape index (κ2) is 5.47. The zero-order chi connectivity index (χ0) is 13.4. The van der Waals surface area contributed by atoms with Gasteiger partial charge in [-0.2, -0.15) is 0 Å². The lowest BCUT2D eigenvalue weighted by molar-refractivity contribution is 0.768. The Balaban J connectivity index is 2.77. The lowest BCUT2D eigenvalue weighted by Crippen LogP contribution is -2.22. The van der Waals surface area contributed by atoms with E-state index in [1.54, 1.807) is 0 Å². The van der Waals surface area contributed by atoms with Crippen molar-refractivity contribution < 1.29 is 0 Å². The van der Waals surface area contributed by atoms with E-state index in [4.69, 9.17) is 0 Å². The molecule has 0 atom stereocenters. The quantitative estimate of drug-likeness (QED) is 0.617. The van der Waals surface area contributed by atoms with E-state index in [0.29, 0.717) is 5.92 Å². The van der Waals surface area contributed by atoms with Gasteiger partial charge in [0, 0.05) is 34.6 Å². The Bertz CT molecular complexity index is 451. The van der Waals surface area contributed by atoms with Gasteiger partial charge < -0.3 is 9.62 Å². The Morgan fingerprint density at radius 2 is 1.89 bits per heavy atom. The molecule has 1 aliphatic heterocycles. The molecule has 1 heterocycles. The molecule has 0 bridgehead atoms. The van der Waals surface area contributed by atoms with Crippen molar-refractivity contribution in [2.24, 2.45) is 0 Å². The molecule has 0 fully saturated rings. The lowest BCUT2D eigenvalue weighted by atomic mass is 9.92. The van der Waals surface area contributed by atoms with Crippen LogP contribution in [0.4, 0.5) is 11.4 Å². The summed E-state index contributed by atoms with van der Waals surface area (Å²) >= 11 is 13.9. The average Bonchev–Trinajstić information content (AvgIpc) is 2.32. The number of anilines is 2. The molecule has 0 saturated carbocycles. The molecular weight excluding hydrogens is 280 g/mol. The van der Waals surface area contributed by atoms with Gasteiger partial charge in [-0.3, -0.25) is 0 Å². The lowest BCUT2D eigenvalue weighted by Gasteiger charge is -2.32. The molecule has 100 valence electrons. The highest BCUT2D eigenvalue weighted by Crippen LogP contribution is 2.47. The molecule has 2 nitrogen and oxygen atoms in total. The molecule has 1 N–H and O–H groups in total. The van der Waals surface area contributed by atoms with Crippen LogP contribution < -0.4 is 9.62 Å². The fourth-order valence-corrected chi connectivity index (χ4v) is 3.96. The molecular formula is C13H20N2S3. The number of nitrogens with one attached hydrogen (secondary N) is 1. The maximum atomic E-state index is 4.67. The van der Waals surface area contributed by atoms with E-state index in [-0.39, 0.29) is 0 Å². The van der Waals surface area contributed by atoms with Crippen molar-refractivity contribution >= 4 is 49.4 Å². The van der Waals surface area contributed by atoms with Gasteiger partial charge in [0.15, 0.2) is 0 Å². The van der Waals surface area contributed by atoms with Crippen molar-refractivity contribution in [2.75, 3.05) is 23.2 Å². The van der Waals surface area contributed by atoms with Gasteiger partial charge >= 0.3 is 0 Å². The molecule has 0 spiro atoms. The Morgan fingerprint density at radius 1 is 1.22 bits per heavy atom. The summed E-state index contributed by atoms with van der Waals surface area (Å²) in [5, 5.41) is 3.35. The summed E-state index contributed by atoms with van der Waals surface area (Å²) in [7, 11) is 1.98. The third kappa shape index (κ3) is 2.21. The van der Waals surface area contributed by atoms with Gasteiger partial charge in [0.2, 0.25) is 0 Å². The van der Waals surface area contributed by atoms with Gasteiger partial charge in [0.1, 0.15) is 0 Å². The van der Waals surface area contributed by atoms with Gasteiger partial charge in [0.25, 0.3) is 0 Å². The predicted molar refractivity (Wildman–Crippen MR) is 89.2 cm³/mol. The van der Waals surface area contributed by atoms with Crippen LogP contribution in [0.3, 0.4) is 0 Å². The van der Waals surface area contributed by atoms with E-state index < -0.39 is 0 Å². The molecule has 18 heavy (non-hydrogen) atoms. The summed E-state index contributed by atoms with van der Waals surface area (Å²) in [4.78, 5) is 1.92. The first-order chi connectivity index (χ1) is 8.49. The van der Waals surface area contributed by atoms with E-state index in [2.05, 4.69) is 57.2 Å². The maximum absolute atomic E-state index is 4.67. The monoisotopic (exact) mass is 300 g/mol. The minimum atomic E-state index is 0.423. The Labute approximate surface area is 126 Å². The van der Waals surface area contributed by atoms with Gasteiger partial charge in [-0.1, -0.05) is 26.7 Å². The molecule has 5 heteroatoms. The number of benzene rings is 1. The van der Waals surface area contributed by atoms with Crippen LogP contribution in [0.25, 0.3) is 0 Å². The molecule has 1 aromatic rings. The van der Waals surface area contributed by atoms with Crippen molar-refractivity contribution in [3.05, 3.63) is 11.1 Å². The predicted octanol–water partition coefficient (Wildman–Crippen LogP) is 4.03. The van der Waals surface area contributed by atoms with Crippen LogP contribution in [0.15, 0.2) is 9.79 Å². The maximum Gasteiger partial charge on any atom is 0.0664 e. The molecule has 0 aromatic heterocycles. The molecule has 1 aliphatic rings. The van der Waals surface area contributed by atoms with Crippen molar-refractivity contribution in [3.63, 3.8) is 0 Å². The second-order valence-corrected chi connectivity index (χ2v) is 6.32. The van der Waals surface area contributed by atoms with Gasteiger partial charge in [-0.05, 0) is 24.3 Å². The molecule has 1 aromatic carbocycles. The summed E-state index contributed by atoms with van der Waals surface area (Å²) in [5.74, 6) is 0.423. The molecule has 0 amide bonds. The SMILES string of the molecule is CNc1c2c(c(S)c(S)c1C(C)C)N(S)CCC2. The zero-order valence-corrected chi connectivity index (χ0v) is 13.7. The number of thiol groups is 3.